The van der Waals surface area contributed by atoms with Crippen molar-refractivity contribution in [2.75, 3.05) is 39.3 Å². The number of nitrogens with zero attached hydrogens (tertiary/aromatic N) is 1. The molecule has 1 N–H and O–H groups in total. The average Bonchev–Trinajstić information content (AvgIpc) is 2.83. The third kappa shape index (κ3) is 5.29. The molecule has 7 heteroatoms. The predicted molar refractivity (Wildman–Crippen MR) is 138 cm³/mol. The number of rotatable bonds is 7. The standard InChI is InChI=1S/C28H31ClN2O4/c1-17-25(28(33)35-14-13-34-4)26(19-7-11-22(12-8-19)31(2)3)27-23(30-17)15-20(16-24(27)32)18-5-9-21(29)10-6-18/h5-12,20,26,30H,13-16H2,1-4H3/t20-,26-/m0/s1. The highest BCUT2D eigenvalue weighted by Gasteiger charge is 2.41. The molecule has 0 amide bonds. The van der Waals surface area contributed by atoms with E-state index in [0.717, 1.165) is 22.5 Å². The van der Waals surface area contributed by atoms with Gasteiger partial charge < -0.3 is 19.7 Å². The summed E-state index contributed by atoms with van der Waals surface area (Å²) in [6.07, 6.45) is 1.05. The van der Waals surface area contributed by atoms with Gasteiger partial charge in [0.25, 0.3) is 0 Å². The van der Waals surface area contributed by atoms with Gasteiger partial charge in [-0.15, -0.1) is 0 Å². The lowest BCUT2D eigenvalue weighted by Gasteiger charge is -2.36. The number of carbonyl (C=O) groups is 2. The normalized spacial score (nSPS) is 19.9. The number of Topliss-reactive ketones (excluding diaryl/α,β-unsaturated/α-hetero) is 1. The van der Waals surface area contributed by atoms with Crippen molar-refractivity contribution in [3.05, 3.63) is 87.2 Å². The van der Waals surface area contributed by atoms with Crippen molar-refractivity contribution in [2.45, 2.75) is 31.6 Å². The van der Waals surface area contributed by atoms with E-state index in [2.05, 4.69) is 5.32 Å². The summed E-state index contributed by atoms with van der Waals surface area (Å²) in [7, 11) is 5.51. The van der Waals surface area contributed by atoms with Crippen LogP contribution in [0.25, 0.3) is 0 Å². The highest BCUT2D eigenvalue weighted by Crippen LogP contribution is 2.46. The number of halogens is 1. The molecule has 0 saturated heterocycles. The molecule has 4 rings (SSSR count). The van der Waals surface area contributed by atoms with Crippen LogP contribution in [0.4, 0.5) is 5.69 Å². The fraction of sp³-hybridized carbons (Fsp3) is 0.357. The maximum atomic E-state index is 13.6. The Labute approximate surface area is 211 Å². The molecule has 2 aliphatic rings. The first-order valence-electron chi connectivity index (χ1n) is 11.7. The Morgan fingerprint density at radius 1 is 1.03 bits per heavy atom. The number of ketones is 1. The Morgan fingerprint density at radius 3 is 2.31 bits per heavy atom. The van der Waals surface area contributed by atoms with Gasteiger partial charge in [-0.2, -0.15) is 0 Å². The number of dihydropyridines is 1. The number of carbonyl (C=O) groups excluding carboxylic acids is 2. The molecule has 184 valence electrons. The van der Waals surface area contributed by atoms with Gasteiger partial charge in [-0.05, 0) is 54.7 Å². The summed E-state index contributed by atoms with van der Waals surface area (Å²) in [6, 6.07) is 15.7. The SMILES string of the molecule is COCCOC(=O)C1=C(C)NC2=C(C(=O)C[C@@H](c3ccc(Cl)cc3)C2)[C@H]1c1ccc(N(C)C)cc1. The minimum atomic E-state index is -0.490. The molecule has 0 radical (unpaired) electrons. The van der Waals surface area contributed by atoms with E-state index < -0.39 is 11.9 Å². The lowest BCUT2D eigenvalue weighted by molar-refractivity contribution is -0.140. The Bertz CT molecular complexity index is 1170. The van der Waals surface area contributed by atoms with E-state index in [0.29, 0.717) is 41.3 Å². The van der Waals surface area contributed by atoms with Crippen molar-refractivity contribution in [3.8, 4) is 0 Å². The third-order valence-electron chi connectivity index (χ3n) is 6.65. The van der Waals surface area contributed by atoms with Crippen molar-refractivity contribution in [1.29, 1.82) is 0 Å². The third-order valence-corrected chi connectivity index (χ3v) is 6.90. The van der Waals surface area contributed by atoms with Gasteiger partial charge in [0.1, 0.15) is 6.61 Å². The molecule has 0 spiro atoms. The molecule has 6 nitrogen and oxygen atoms in total. The number of benzene rings is 2. The minimum Gasteiger partial charge on any atom is -0.460 e. The molecule has 0 saturated carbocycles. The summed E-state index contributed by atoms with van der Waals surface area (Å²) in [5.41, 5.74) is 5.70. The minimum absolute atomic E-state index is 0.0371. The molecule has 2 aromatic carbocycles. The fourth-order valence-electron chi connectivity index (χ4n) is 4.87. The van der Waals surface area contributed by atoms with Crippen LogP contribution in [0.2, 0.25) is 5.02 Å². The maximum Gasteiger partial charge on any atom is 0.336 e. The van der Waals surface area contributed by atoms with Crippen LogP contribution < -0.4 is 10.2 Å². The molecule has 0 unspecified atom stereocenters. The van der Waals surface area contributed by atoms with Crippen LogP contribution in [0.3, 0.4) is 0 Å². The van der Waals surface area contributed by atoms with Crippen molar-refractivity contribution in [3.63, 3.8) is 0 Å². The number of nitrogens with one attached hydrogen (secondary N) is 1. The second-order valence-electron chi connectivity index (χ2n) is 9.18. The summed E-state index contributed by atoms with van der Waals surface area (Å²) in [5.74, 6) is -0.843. The topological polar surface area (TPSA) is 67.9 Å². The number of anilines is 1. The van der Waals surface area contributed by atoms with Crippen LogP contribution in [0, 0.1) is 0 Å². The van der Waals surface area contributed by atoms with Crippen LogP contribution in [-0.4, -0.2) is 46.2 Å². The average molecular weight is 495 g/mol. The van der Waals surface area contributed by atoms with Gasteiger partial charge in [-0.3, -0.25) is 4.79 Å². The number of ether oxygens (including phenoxy) is 2. The molecule has 2 aromatic rings. The molecule has 0 bridgehead atoms. The van der Waals surface area contributed by atoms with Crippen LogP contribution in [0.1, 0.15) is 42.7 Å². The molecule has 0 aromatic heterocycles. The van der Waals surface area contributed by atoms with Gasteiger partial charge in [0.05, 0.1) is 12.2 Å². The van der Waals surface area contributed by atoms with E-state index in [9.17, 15) is 9.59 Å². The van der Waals surface area contributed by atoms with Gasteiger partial charge >= 0.3 is 5.97 Å². The van der Waals surface area contributed by atoms with Gasteiger partial charge in [0.15, 0.2) is 5.78 Å². The molecule has 1 aliphatic carbocycles. The zero-order valence-electron chi connectivity index (χ0n) is 20.6. The van der Waals surface area contributed by atoms with Crippen LogP contribution >= 0.6 is 11.6 Å². The largest absolute Gasteiger partial charge is 0.460 e. The lowest BCUT2D eigenvalue weighted by Crippen LogP contribution is -2.36. The van der Waals surface area contributed by atoms with Crippen LogP contribution in [0.15, 0.2) is 71.1 Å². The smallest absolute Gasteiger partial charge is 0.336 e. The quantitative estimate of drug-likeness (QED) is 0.433. The number of hydrogen-bond donors (Lipinski definition) is 1. The number of allylic oxidation sites excluding steroid dienone is 3. The molecular formula is C28H31ClN2O4. The fourth-order valence-corrected chi connectivity index (χ4v) is 5.00. The molecule has 1 aliphatic heterocycles. The molecular weight excluding hydrogens is 464 g/mol. The summed E-state index contributed by atoms with van der Waals surface area (Å²) >= 11 is 6.07. The monoisotopic (exact) mass is 494 g/mol. The summed E-state index contributed by atoms with van der Waals surface area (Å²) < 4.78 is 10.5. The van der Waals surface area contributed by atoms with E-state index in [1.165, 1.54) is 0 Å². The van der Waals surface area contributed by atoms with Gasteiger partial charge in [0.2, 0.25) is 0 Å². The van der Waals surface area contributed by atoms with Crippen molar-refractivity contribution >= 4 is 29.0 Å². The Balaban J connectivity index is 1.74. The Hall–Kier alpha value is -3.09. The zero-order valence-corrected chi connectivity index (χ0v) is 21.3. The van der Waals surface area contributed by atoms with Crippen molar-refractivity contribution < 1.29 is 19.1 Å². The van der Waals surface area contributed by atoms with Gasteiger partial charge in [-0.1, -0.05) is 35.9 Å². The number of methoxy groups -OCH3 is 1. The van der Waals surface area contributed by atoms with E-state index in [4.69, 9.17) is 21.1 Å². The molecule has 35 heavy (non-hydrogen) atoms. The summed E-state index contributed by atoms with van der Waals surface area (Å²) in [5, 5.41) is 4.05. The number of hydrogen-bond acceptors (Lipinski definition) is 6. The second kappa shape index (κ2) is 10.7. The van der Waals surface area contributed by atoms with E-state index in [1.54, 1.807) is 7.11 Å². The van der Waals surface area contributed by atoms with E-state index in [-0.39, 0.29) is 18.3 Å². The predicted octanol–water partition coefficient (Wildman–Crippen LogP) is 4.96. The Morgan fingerprint density at radius 2 is 1.69 bits per heavy atom. The van der Waals surface area contributed by atoms with Crippen LogP contribution in [0.5, 0.6) is 0 Å². The highest BCUT2D eigenvalue weighted by molar-refractivity contribution is 6.30. The molecule has 2 atom stereocenters. The van der Waals surface area contributed by atoms with E-state index >= 15 is 0 Å². The lowest BCUT2D eigenvalue weighted by atomic mass is 9.71. The van der Waals surface area contributed by atoms with E-state index in [1.807, 2.05) is 74.4 Å². The molecule has 1 heterocycles. The summed E-state index contributed by atoms with van der Waals surface area (Å²) in [4.78, 5) is 28.9. The second-order valence-corrected chi connectivity index (χ2v) is 9.62. The first-order valence-corrected chi connectivity index (χ1v) is 12.1. The van der Waals surface area contributed by atoms with Crippen molar-refractivity contribution in [1.82, 2.24) is 5.32 Å². The first kappa shape index (κ1) is 25.0. The Kier molecular flexibility index (Phi) is 7.63. The van der Waals surface area contributed by atoms with Crippen molar-refractivity contribution in [2.24, 2.45) is 0 Å². The number of esters is 1. The highest BCUT2D eigenvalue weighted by atomic mass is 35.5. The summed E-state index contributed by atoms with van der Waals surface area (Å²) in [6.45, 7) is 2.33. The zero-order chi connectivity index (χ0) is 25.1. The van der Waals surface area contributed by atoms with Gasteiger partial charge in [-0.25, -0.2) is 4.79 Å². The first-order chi connectivity index (χ1) is 16.8. The maximum absolute atomic E-state index is 13.6. The molecule has 0 fully saturated rings. The van der Waals surface area contributed by atoms with Crippen LogP contribution in [-0.2, 0) is 19.1 Å². The van der Waals surface area contributed by atoms with Gasteiger partial charge in [0, 0.05) is 61.2 Å².